The highest BCUT2D eigenvalue weighted by molar-refractivity contribution is 6.30. The molecular weight excluding hydrogens is 335 g/mol. The molecule has 0 unspecified atom stereocenters. The number of nitrogens with zero attached hydrogens (tertiary/aromatic N) is 1. The third-order valence-electron chi connectivity index (χ3n) is 3.27. The maximum atomic E-state index is 13.8. The topological polar surface area (TPSA) is 64.4 Å². The van der Waals surface area contributed by atoms with Crippen molar-refractivity contribution in [2.45, 2.75) is 0 Å². The van der Waals surface area contributed by atoms with Gasteiger partial charge in [-0.2, -0.15) is 0 Å². The number of carbonyl (C=O) groups is 1. The van der Waals surface area contributed by atoms with Gasteiger partial charge in [-0.15, -0.1) is 0 Å². The van der Waals surface area contributed by atoms with Crippen LogP contribution in [0.15, 0.2) is 53.1 Å². The minimum absolute atomic E-state index is 0.00773. The van der Waals surface area contributed by atoms with Gasteiger partial charge in [-0.3, -0.25) is 4.79 Å². The molecule has 3 rings (SSSR count). The second kappa shape index (κ2) is 6.72. The summed E-state index contributed by atoms with van der Waals surface area (Å²) in [4.78, 5) is 12.2. The quantitative estimate of drug-likeness (QED) is 0.760. The molecule has 0 spiro atoms. The first-order valence-electron chi connectivity index (χ1n) is 6.94. The lowest BCUT2D eigenvalue weighted by molar-refractivity contribution is 0.101. The minimum Gasteiger partial charge on any atom is -0.497 e. The number of hydrogen-bond donors (Lipinski definition) is 1. The monoisotopic (exact) mass is 346 g/mol. The zero-order chi connectivity index (χ0) is 17.1. The molecule has 24 heavy (non-hydrogen) atoms. The Hall–Kier alpha value is -2.86. The van der Waals surface area contributed by atoms with Gasteiger partial charge in [0, 0.05) is 22.7 Å². The Morgan fingerprint density at radius 2 is 2.08 bits per heavy atom. The van der Waals surface area contributed by atoms with E-state index in [1.54, 1.807) is 24.3 Å². The SMILES string of the molecule is COc1ccc(F)c(NC(=O)c2cc(-c3cccc(Cl)c3)on2)c1. The molecule has 122 valence electrons. The molecule has 0 bridgehead atoms. The largest absolute Gasteiger partial charge is 0.497 e. The van der Waals surface area contributed by atoms with Crippen LogP contribution in [0.2, 0.25) is 5.02 Å². The van der Waals surface area contributed by atoms with Crippen LogP contribution in [0.25, 0.3) is 11.3 Å². The fraction of sp³-hybridized carbons (Fsp3) is 0.0588. The number of rotatable bonds is 4. The summed E-state index contributed by atoms with van der Waals surface area (Å²) in [6.07, 6.45) is 0. The number of anilines is 1. The molecule has 0 saturated carbocycles. The highest BCUT2D eigenvalue weighted by Gasteiger charge is 2.16. The van der Waals surface area contributed by atoms with Gasteiger partial charge in [0.2, 0.25) is 0 Å². The van der Waals surface area contributed by atoms with Crippen LogP contribution in [-0.4, -0.2) is 18.2 Å². The van der Waals surface area contributed by atoms with Crippen LogP contribution in [0, 0.1) is 5.82 Å². The first-order valence-corrected chi connectivity index (χ1v) is 7.32. The number of methoxy groups -OCH3 is 1. The number of nitrogens with one attached hydrogen (secondary N) is 1. The molecule has 1 N–H and O–H groups in total. The molecule has 0 aliphatic carbocycles. The van der Waals surface area contributed by atoms with Crippen LogP contribution >= 0.6 is 11.6 Å². The summed E-state index contributed by atoms with van der Waals surface area (Å²) < 4.78 is 23.9. The highest BCUT2D eigenvalue weighted by atomic mass is 35.5. The first kappa shape index (κ1) is 16.0. The summed E-state index contributed by atoms with van der Waals surface area (Å²) in [5, 5.41) is 6.68. The fourth-order valence-electron chi connectivity index (χ4n) is 2.07. The number of amides is 1. The average molecular weight is 347 g/mol. The Bertz CT molecular complexity index is 895. The van der Waals surface area contributed by atoms with Gasteiger partial charge >= 0.3 is 0 Å². The number of ether oxygens (including phenoxy) is 1. The Morgan fingerprint density at radius 3 is 2.83 bits per heavy atom. The Labute approximate surface area is 142 Å². The second-order valence-electron chi connectivity index (χ2n) is 4.89. The molecule has 1 heterocycles. The van der Waals surface area contributed by atoms with Gasteiger partial charge < -0.3 is 14.6 Å². The second-order valence-corrected chi connectivity index (χ2v) is 5.32. The molecule has 0 fully saturated rings. The van der Waals surface area contributed by atoms with Crippen LogP contribution in [0.3, 0.4) is 0 Å². The lowest BCUT2D eigenvalue weighted by atomic mass is 10.1. The lowest BCUT2D eigenvalue weighted by Gasteiger charge is -2.06. The zero-order valence-electron chi connectivity index (χ0n) is 12.5. The number of aromatic nitrogens is 1. The smallest absolute Gasteiger partial charge is 0.277 e. The Kier molecular flexibility index (Phi) is 4.48. The molecular formula is C17H12ClFN2O3. The molecule has 1 amide bonds. The van der Waals surface area contributed by atoms with Gasteiger partial charge in [-0.1, -0.05) is 28.9 Å². The van der Waals surface area contributed by atoms with E-state index < -0.39 is 11.7 Å². The Morgan fingerprint density at radius 1 is 1.25 bits per heavy atom. The molecule has 0 aliphatic heterocycles. The van der Waals surface area contributed by atoms with Crippen LogP contribution in [0.1, 0.15) is 10.5 Å². The highest BCUT2D eigenvalue weighted by Crippen LogP contribution is 2.25. The molecule has 1 aromatic heterocycles. The van der Waals surface area contributed by atoms with Crippen LogP contribution in [-0.2, 0) is 0 Å². The first-order chi connectivity index (χ1) is 11.6. The Balaban J connectivity index is 1.82. The van der Waals surface area contributed by atoms with E-state index in [-0.39, 0.29) is 11.4 Å². The van der Waals surface area contributed by atoms with Crippen molar-refractivity contribution in [3.63, 3.8) is 0 Å². The van der Waals surface area contributed by atoms with Crippen molar-refractivity contribution in [1.29, 1.82) is 0 Å². The summed E-state index contributed by atoms with van der Waals surface area (Å²) in [6.45, 7) is 0. The van der Waals surface area contributed by atoms with Crippen molar-refractivity contribution in [1.82, 2.24) is 5.16 Å². The van der Waals surface area contributed by atoms with Gasteiger partial charge in [0.25, 0.3) is 5.91 Å². The zero-order valence-corrected chi connectivity index (χ0v) is 13.3. The molecule has 0 aliphatic rings. The van der Waals surface area contributed by atoms with Crippen LogP contribution < -0.4 is 10.1 Å². The van der Waals surface area contributed by atoms with E-state index >= 15 is 0 Å². The van der Waals surface area contributed by atoms with Crippen molar-refractivity contribution in [2.75, 3.05) is 12.4 Å². The van der Waals surface area contributed by atoms with Gasteiger partial charge in [0.05, 0.1) is 12.8 Å². The molecule has 0 saturated heterocycles. The number of halogens is 2. The van der Waals surface area contributed by atoms with Crippen molar-refractivity contribution in [3.8, 4) is 17.1 Å². The van der Waals surface area contributed by atoms with Crippen LogP contribution in [0.5, 0.6) is 5.75 Å². The summed E-state index contributed by atoms with van der Waals surface area (Å²) in [5.41, 5.74) is 0.695. The van der Waals surface area contributed by atoms with Crippen molar-refractivity contribution in [2.24, 2.45) is 0 Å². The van der Waals surface area contributed by atoms with E-state index in [4.69, 9.17) is 20.9 Å². The van der Waals surface area contributed by atoms with Gasteiger partial charge in [-0.25, -0.2) is 4.39 Å². The van der Waals surface area contributed by atoms with E-state index in [1.165, 1.54) is 31.4 Å². The molecule has 0 radical (unpaired) electrons. The standard InChI is InChI=1S/C17H12ClFN2O3/c1-23-12-5-6-13(19)14(8-12)20-17(22)15-9-16(24-21-15)10-3-2-4-11(18)7-10/h2-9H,1H3,(H,20,22). The van der Waals surface area contributed by atoms with E-state index in [0.717, 1.165) is 0 Å². The number of benzene rings is 2. The maximum absolute atomic E-state index is 13.8. The van der Waals surface area contributed by atoms with Crippen molar-refractivity contribution >= 4 is 23.2 Å². The number of hydrogen-bond acceptors (Lipinski definition) is 4. The third kappa shape index (κ3) is 3.38. The van der Waals surface area contributed by atoms with E-state index in [9.17, 15) is 9.18 Å². The van der Waals surface area contributed by atoms with Gasteiger partial charge in [0.1, 0.15) is 11.6 Å². The summed E-state index contributed by atoms with van der Waals surface area (Å²) in [6, 6.07) is 12.4. The van der Waals surface area contributed by atoms with Gasteiger partial charge in [0.15, 0.2) is 11.5 Å². The molecule has 0 atom stereocenters. The summed E-state index contributed by atoms with van der Waals surface area (Å²) >= 11 is 5.92. The fourth-order valence-corrected chi connectivity index (χ4v) is 2.26. The average Bonchev–Trinajstić information content (AvgIpc) is 3.07. The van der Waals surface area contributed by atoms with Crippen LogP contribution in [0.4, 0.5) is 10.1 Å². The molecule has 2 aromatic carbocycles. The lowest BCUT2D eigenvalue weighted by Crippen LogP contribution is -2.13. The predicted molar refractivity (Wildman–Crippen MR) is 87.9 cm³/mol. The van der Waals surface area contributed by atoms with Gasteiger partial charge in [-0.05, 0) is 24.3 Å². The van der Waals surface area contributed by atoms with Crippen molar-refractivity contribution in [3.05, 3.63) is 65.1 Å². The minimum atomic E-state index is -0.598. The predicted octanol–water partition coefficient (Wildman–Crippen LogP) is 4.40. The molecule has 5 nitrogen and oxygen atoms in total. The number of carbonyl (C=O) groups excluding carboxylic acids is 1. The van der Waals surface area contributed by atoms with Crippen molar-refractivity contribution < 1.29 is 18.4 Å². The summed E-state index contributed by atoms with van der Waals surface area (Å²) in [5.74, 6) is -0.373. The third-order valence-corrected chi connectivity index (χ3v) is 3.51. The van der Waals surface area contributed by atoms with E-state index in [1.807, 2.05) is 0 Å². The maximum Gasteiger partial charge on any atom is 0.277 e. The normalized spacial score (nSPS) is 10.5. The summed E-state index contributed by atoms with van der Waals surface area (Å²) in [7, 11) is 1.45. The van der Waals surface area contributed by atoms with E-state index in [0.29, 0.717) is 22.1 Å². The molecule has 3 aromatic rings. The molecule has 7 heteroatoms. The van der Waals surface area contributed by atoms with E-state index in [2.05, 4.69) is 10.5 Å².